The molecule has 0 heterocycles. The molecule has 0 bridgehead atoms. The van der Waals surface area contributed by atoms with Gasteiger partial charge in [-0.1, -0.05) is 0 Å². The molecule has 0 saturated heterocycles. The van der Waals surface area contributed by atoms with E-state index in [0.717, 1.165) is 0 Å². The summed E-state index contributed by atoms with van der Waals surface area (Å²) in [5, 5.41) is 29.5. The zero-order valence-electron chi connectivity index (χ0n) is 4.16. The Balaban J connectivity index is -0.0000000300. The maximum absolute atomic E-state index is 8.25. The minimum atomic E-state index is -1.75. The Kier molecular flexibility index (Phi) is 36.2. The number of hydrogen-bond acceptors (Lipinski definition) is 6. The fourth-order valence-electron chi connectivity index (χ4n) is 0. The van der Waals surface area contributed by atoms with Gasteiger partial charge >= 0.3 is 58.2 Å². The van der Waals surface area contributed by atoms with Gasteiger partial charge in [0.2, 0.25) is 0 Å². The molecule has 0 aliphatic carbocycles. The second-order valence-electron chi connectivity index (χ2n) is 0.447. The number of nitrogens with zero attached hydrogens (tertiary/aromatic N) is 2. The summed E-state index contributed by atoms with van der Waals surface area (Å²) in [6.07, 6.45) is 0. The Morgan fingerprint density at radius 2 is 0.800 bits per heavy atom. The van der Waals surface area contributed by atoms with E-state index < -0.39 is 10.2 Å². The van der Waals surface area contributed by atoms with Crippen molar-refractivity contribution in [2.75, 3.05) is 0 Å². The molecular formula is CeN2NiO6+3. The Labute approximate surface area is 98.1 Å². The predicted octanol–water partition coefficient (Wildman–Crippen LogP) is -0.481. The molecule has 1 radical (unpaired) electrons. The van der Waals surface area contributed by atoms with Gasteiger partial charge in [0, 0.05) is 0 Å². The van der Waals surface area contributed by atoms with Crippen LogP contribution in [0.2, 0.25) is 0 Å². The van der Waals surface area contributed by atoms with Crippen molar-refractivity contribution in [2.45, 2.75) is 0 Å². The SMILES string of the molecule is O=[N+]([O-])[O-].O=[N+]([O-])[O-].[Ce+3].[Ni+2]. The molecule has 10 heavy (non-hydrogen) atoms. The summed E-state index contributed by atoms with van der Waals surface area (Å²) < 4.78 is 0. The first-order chi connectivity index (χ1) is 3.46. The molecule has 0 spiro atoms. The van der Waals surface area contributed by atoms with E-state index in [-0.39, 0.29) is 58.2 Å². The van der Waals surface area contributed by atoms with Gasteiger partial charge in [0.05, 0.1) is 10.2 Å². The summed E-state index contributed by atoms with van der Waals surface area (Å²) in [5.74, 6) is 0. The first kappa shape index (κ1) is 22.4. The molecule has 0 aliphatic rings. The van der Waals surface area contributed by atoms with E-state index >= 15 is 0 Å². The van der Waals surface area contributed by atoms with Gasteiger partial charge in [-0.05, 0) is 0 Å². The summed E-state index contributed by atoms with van der Waals surface area (Å²) in [5.41, 5.74) is 0. The van der Waals surface area contributed by atoms with Gasteiger partial charge in [-0.15, -0.1) is 0 Å². The molecule has 0 amide bonds. The third-order valence-electron chi connectivity index (χ3n) is 0. The summed E-state index contributed by atoms with van der Waals surface area (Å²) in [7, 11) is 0. The van der Waals surface area contributed by atoms with Gasteiger partial charge < -0.3 is 30.6 Å². The van der Waals surface area contributed by atoms with Crippen molar-refractivity contribution in [2.24, 2.45) is 0 Å². The molecule has 8 nitrogen and oxygen atoms in total. The molecule has 0 fully saturated rings. The van der Waals surface area contributed by atoms with E-state index in [9.17, 15) is 0 Å². The maximum atomic E-state index is 8.25. The average Bonchev–Trinajstić information content (AvgIpc) is 1.25. The van der Waals surface area contributed by atoms with Gasteiger partial charge in [0.1, 0.15) is 0 Å². The largest absolute Gasteiger partial charge is 3.00 e. The normalized spacial score (nSPS) is 4.80. The molecule has 0 aromatic rings. The Morgan fingerprint density at radius 3 is 0.800 bits per heavy atom. The van der Waals surface area contributed by atoms with Crippen LogP contribution in [0.4, 0.5) is 0 Å². The molecule has 0 unspecified atom stereocenters. The van der Waals surface area contributed by atoms with Crippen LogP contribution in [0.1, 0.15) is 0 Å². The molecule has 0 atom stereocenters. The van der Waals surface area contributed by atoms with Gasteiger partial charge in [0.25, 0.3) is 0 Å². The fourth-order valence-corrected chi connectivity index (χ4v) is 0. The van der Waals surface area contributed by atoms with E-state index in [4.69, 9.17) is 30.6 Å². The van der Waals surface area contributed by atoms with Gasteiger partial charge in [-0.25, -0.2) is 0 Å². The standard InChI is InChI=1S/Ce.2NO3.Ni/c;2*2-1(3)4;/q+3;2*-1;+2. The Hall–Kier alpha value is 0.270. The molecule has 0 aliphatic heterocycles. The van der Waals surface area contributed by atoms with Crippen LogP contribution in [0.3, 0.4) is 0 Å². The molecular weight excluding hydrogens is 323 g/mol. The van der Waals surface area contributed by atoms with E-state index in [1.807, 2.05) is 0 Å². The number of rotatable bonds is 0. The van der Waals surface area contributed by atoms with Crippen molar-refractivity contribution in [3.05, 3.63) is 30.6 Å². The van der Waals surface area contributed by atoms with Gasteiger partial charge in [-0.3, -0.25) is 0 Å². The molecule has 57 valence electrons. The van der Waals surface area contributed by atoms with Crippen LogP contribution in [0, 0.1) is 72.4 Å². The van der Waals surface area contributed by atoms with Crippen LogP contribution in [-0.2, 0) is 16.5 Å². The maximum Gasteiger partial charge on any atom is 3.00 e. The van der Waals surface area contributed by atoms with Crippen molar-refractivity contribution in [3.8, 4) is 0 Å². The minimum Gasteiger partial charge on any atom is -0.356 e. The average molecular weight is 323 g/mol. The van der Waals surface area contributed by atoms with Crippen molar-refractivity contribution in [3.63, 3.8) is 0 Å². The molecule has 0 N–H and O–H groups in total. The molecule has 0 saturated carbocycles. The van der Waals surface area contributed by atoms with Crippen LogP contribution in [0.15, 0.2) is 0 Å². The van der Waals surface area contributed by atoms with Crippen molar-refractivity contribution in [1.29, 1.82) is 0 Å². The minimum absolute atomic E-state index is 0. The monoisotopic (exact) mass is 322 g/mol. The molecule has 0 rings (SSSR count). The van der Waals surface area contributed by atoms with E-state index in [0.29, 0.717) is 0 Å². The predicted molar refractivity (Wildman–Crippen MR) is 20.7 cm³/mol. The van der Waals surface area contributed by atoms with Gasteiger partial charge in [-0.2, -0.15) is 0 Å². The fraction of sp³-hybridized carbons (Fsp3) is 0. The summed E-state index contributed by atoms with van der Waals surface area (Å²) in [6, 6.07) is 0. The van der Waals surface area contributed by atoms with Crippen LogP contribution in [0.25, 0.3) is 0 Å². The molecule has 0 aromatic heterocycles. The van der Waals surface area contributed by atoms with Crippen molar-refractivity contribution < 1.29 is 68.4 Å². The van der Waals surface area contributed by atoms with Crippen LogP contribution >= 0.6 is 0 Å². The first-order valence-electron chi connectivity index (χ1n) is 1.10. The third kappa shape index (κ3) is 5990. The third-order valence-corrected chi connectivity index (χ3v) is 0. The second kappa shape index (κ2) is 16.1. The van der Waals surface area contributed by atoms with Crippen LogP contribution < -0.4 is 0 Å². The van der Waals surface area contributed by atoms with E-state index in [1.165, 1.54) is 0 Å². The topological polar surface area (TPSA) is 132 Å². The quantitative estimate of drug-likeness (QED) is 0.336. The molecule has 10 heteroatoms. The number of hydrogen-bond donors (Lipinski definition) is 0. The Morgan fingerprint density at radius 1 is 0.800 bits per heavy atom. The van der Waals surface area contributed by atoms with Crippen molar-refractivity contribution >= 4 is 0 Å². The van der Waals surface area contributed by atoms with Gasteiger partial charge in [0.15, 0.2) is 0 Å². The zero-order chi connectivity index (χ0) is 7.15. The summed E-state index contributed by atoms with van der Waals surface area (Å²) in [4.78, 5) is 16.5. The smallest absolute Gasteiger partial charge is 0.356 e. The Bertz CT molecular complexity index is 73.7. The molecule has 0 aromatic carbocycles. The van der Waals surface area contributed by atoms with Crippen molar-refractivity contribution in [1.82, 2.24) is 0 Å². The first-order valence-corrected chi connectivity index (χ1v) is 1.10. The zero-order valence-corrected chi connectivity index (χ0v) is 8.29. The van der Waals surface area contributed by atoms with E-state index in [1.54, 1.807) is 0 Å². The summed E-state index contributed by atoms with van der Waals surface area (Å²) in [6.45, 7) is 0. The van der Waals surface area contributed by atoms with Crippen LogP contribution in [0.5, 0.6) is 0 Å². The second-order valence-corrected chi connectivity index (χ2v) is 0.447. The van der Waals surface area contributed by atoms with Crippen LogP contribution in [-0.4, -0.2) is 10.2 Å². The summed E-state index contributed by atoms with van der Waals surface area (Å²) >= 11 is 0. The van der Waals surface area contributed by atoms with E-state index in [2.05, 4.69) is 0 Å².